The number of hydrogen-bond acceptors (Lipinski definition) is 3. The van der Waals surface area contributed by atoms with E-state index in [-0.39, 0.29) is 11.4 Å². The van der Waals surface area contributed by atoms with Crippen molar-refractivity contribution in [2.45, 2.75) is 12.7 Å². The molecule has 22 heavy (non-hydrogen) atoms. The Morgan fingerprint density at radius 3 is 2.64 bits per heavy atom. The summed E-state index contributed by atoms with van der Waals surface area (Å²) in [6, 6.07) is 5.39. The van der Waals surface area contributed by atoms with Crippen molar-refractivity contribution in [2.24, 2.45) is 0 Å². The van der Waals surface area contributed by atoms with Gasteiger partial charge in [-0.3, -0.25) is 9.59 Å². The van der Waals surface area contributed by atoms with E-state index < -0.39 is 30.2 Å². The lowest BCUT2D eigenvalue weighted by molar-refractivity contribution is -0.138. The minimum Gasteiger partial charge on any atom is -0.480 e. The molecule has 0 atom stereocenters. The van der Waals surface area contributed by atoms with Gasteiger partial charge in [0.15, 0.2) is 0 Å². The molecule has 116 valence electrons. The highest BCUT2D eigenvalue weighted by molar-refractivity contribution is 6.03. The third-order valence-electron chi connectivity index (χ3n) is 2.68. The fourth-order valence-electron chi connectivity index (χ4n) is 1.75. The number of amides is 1. The predicted molar refractivity (Wildman–Crippen MR) is 69.3 cm³/mol. The summed E-state index contributed by atoms with van der Waals surface area (Å²) in [6.45, 7) is -0.529. The van der Waals surface area contributed by atoms with Crippen molar-refractivity contribution in [3.63, 3.8) is 0 Å². The summed E-state index contributed by atoms with van der Waals surface area (Å²) in [5, 5.41) is 14.6. The lowest BCUT2D eigenvalue weighted by Gasteiger charge is -2.10. The minimum absolute atomic E-state index is 0.0529. The Labute approximate surface area is 122 Å². The van der Waals surface area contributed by atoms with E-state index >= 15 is 0 Å². The van der Waals surface area contributed by atoms with Crippen LogP contribution in [0.5, 0.6) is 0 Å². The van der Waals surface area contributed by atoms with Crippen LogP contribution < -0.4 is 5.32 Å². The van der Waals surface area contributed by atoms with Crippen LogP contribution in [0.2, 0.25) is 0 Å². The van der Waals surface area contributed by atoms with Gasteiger partial charge >= 0.3 is 12.1 Å². The Balaban J connectivity index is 2.19. The number of hydrogen-bond donors (Lipinski definition) is 2. The van der Waals surface area contributed by atoms with Gasteiger partial charge in [0.05, 0.1) is 5.56 Å². The number of carbonyl (C=O) groups excluding carboxylic acids is 1. The quantitative estimate of drug-likeness (QED) is 0.906. The van der Waals surface area contributed by atoms with Crippen molar-refractivity contribution in [1.82, 2.24) is 9.78 Å². The summed E-state index contributed by atoms with van der Waals surface area (Å²) in [4.78, 5) is 22.6. The maximum atomic E-state index is 12.6. The van der Waals surface area contributed by atoms with Gasteiger partial charge in [-0.25, -0.2) is 4.68 Å². The molecule has 0 aliphatic carbocycles. The van der Waals surface area contributed by atoms with Crippen molar-refractivity contribution >= 4 is 17.6 Å². The highest BCUT2D eigenvalue weighted by Crippen LogP contribution is 2.30. The van der Waals surface area contributed by atoms with Crippen molar-refractivity contribution in [3.8, 4) is 0 Å². The van der Waals surface area contributed by atoms with Gasteiger partial charge in [-0.05, 0) is 24.3 Å². The van der Waals surface area contributed by atoms with Crippen molar-refractivity contribution in [2.75, 3.05) is 5.32 Å². The molecule has 0 bridgehead atoms. The van der Waals surface area contributed by atoms with Gasteiger partial charge in [0, 0.05) is 11.9 Å². The van der Waals surface area contributed by atoms with Gasteiger partial charge in [0.25, 0.3) is 5.91 Å². The molecule has 6 nitrogen and oxygen atoms in total. The van der Waals surface area contributed by atoms with E-state index in [1.54, 1.807) is 0 Å². The van der Waals surface area contributed by atoms with E-state index in [4.69, 9.17) is 5.11 Å². The molecule has 0 saturated carbocycles. The first-order chi connectivity index (χ1) is 10.3. The summed E-state index contributed by atoms with van der Waals surface area (Å²) in [5.41, 5.74) is -1.02. The van der Waals surface area contributed by atoms with Crippen LogP contribution in [0, 0.1) is 0 Å². The van der Waals surface area contributed by atoms with Crippen LogP contribution in [-0.2, 0) is 17.5 Å². The topological polar surface area (TPSA) is 84.2 Å². The Kier molecular flexibility index (Phi) is 4.15. The van der Waals surface area contributed by atoms with E-state index in [1.165, 1.54) is 18.3 Å². The van der Waals surface area contributed by atoms with Crippen LogP contribution in [0.3, 0.4) is 0 Å². The summed E-state index contributed by atoms with van der Waals surface area (Å²) >= 11 is 0. The van der Waals surface area contributed by atoms with E-state index in [0.717, 1.165) is 22.9 Å². The van der Waals surface area contributed by atoms with E-state index in [1.807, 2.05) is 0 Å². The zero-order valence-electron chi connectivity index (χ0n) is 11.0. The van der Waals surface area contributed by atoms with Crippen molar-refractivity contribution in [1.29, 1.82) is 0 Å². The fraction of sp³-hybridized carbons (Fsp3) is 0.154. The molecule has 2 N–H and O–H groups in total. The maximum Gasteiger partial charge on any atom is 0.416 e. The second-order valence-electron chi connectivity index (χ2n) is 4.30. The van der Waals surface area contributed by atoms with Crippen LogP contribution in [0.15, 0.2) is 36.5 Å². The minimum atomic E-state index is -4.52. The molecular weight excluding hydrogens is 303 g/mol. The molecule has 0 radical (unpaired) electrons. The molecular formula is C13H10F3N3O3. The monoisotopic (exact) mass is 313 g/mol. The molecule has 0 aliphatic heterocycles. The molecule has 0 aliphatic rings. The maximum absolute atomic E-state index is 12.6. The van der Waals surface area contributed by atoms with Gasteiger partial charge in [0.1, 0.15) is 12.2 Å². The fourth-order valence-corrected chi connectivity index (χ4v) is 1.75. The second-order valence-corrected chi connectivity index (χ2v) is 4.30. The highest BCUT2D eigenvalue weighted by Gasteiger charge is 2.30. The van der Waals surface area contributed by atoms with Crippen LogP contribution in [0.4, 0.5) is 18.9 Å². The molecule has 0 unspecified atom stereocenters. The molecule has 0 spiro atoms. The molecule has 2 rings (SSSR count). The zero-order valence-corrected chi connectivity index (χ0v) is 11.0. The number of alkyl halides is 3. The zero-order chi connectivity index (χ0) is 16.3. The molecule has 0 saturated heterocycles. The van der Waals surface area contributed by atoms with Crippen molar-refractivity contribution < 1.29 is 27.9 Å². The number of anilines is 1. The number of nitrogens with one attached hydrogen (secondary N) is 1. The Morgan fingerprint density at radius 2 is 2.00 bits per heavy atom. The summed E-state index contributed by atoms with van der Waals surface area (Å²) in [6.07, 6.45) is -3.30. The number of aromatic nitrogens is 2. The van der Waals surface area contributed by atoms with Gasteiger partial charge in [-0.2, -0.15) is 18.3 Å². The van der Waals surface area contributed by atoms with E-state index in [2.05, 4.69) is 10.4 Å². The third-order valence-corrected chi connectivity index (χ3v) is 2.68. The first-order valence-corrected chi connectivity index (χ1v) is 5.99. The van der Waals surface area contributed by atoms with Crippen LogP contribution in [0.25, 0.3) is 0 Å². The van der Waals surface area contributed by atoms with Crippen molar-refractivity contribution in [3.05, 3.63) is 47.8 Å². The van der Waals surface area contributed by atoms with Gasteiger partial charge in [-0.1, -0.05) is 6.07 Å². The summed E-state index contributed by atoms with van der Waals surface area (Å²) in [7, 11) is 0. The third kappa shape index (κ3) is 3.62. The lowest BCUT2D eigenvalue weighted by Crippen LogP contribution is -2.21. The largest absolute Gasteiger partial charge is 0.480 e. The molecule has 9 heteroatoms. The van der Waals surface area contributed by atoms with Gasteiger partial charge in [-0.15, -0.1) is 0 Å². The second kappa shape index (κ2) is 5.88. The molecule has 1 amide bonds. The molecule has 1 heterocycles. The van der Waals surface area contributed by atoms with Crippen LogP contribution >= 0.6 is 0 Å². The van der Waals surface area contributed by atoms with Crippen LogP contribution in [0.1, 0.15) is 16.1 Å². The molecule has 0 fully saturated rings. The number of rotatable bonds is 4. The number of nitrogens with zero attached hydrogens (tertiary/aromatic N) is 2. The number of benzene rings is 1. The van der Waals surface area contributed by atoms with E-state index in [9.17, 15) is 22.8 Å². The van der Waals surface area contributed by atoms with Gasteiger partial charge in [0.2, 0.25) is 0 Å². The van der Waals surface area contributed by atoms with E-state index in [0.29, 0.717) is 0 Å². The normalized spacial score (nSPS) is 11.2. The van der Waals surface area contributed by atoms with Crippen LogP contribution in [-0.4, -0.2) is 26.8 Å². The first-order valence-electron chi connectivity index (χ1n) is 5.99. The highest BCUT2D eigenvalue weighted by atomic mass is 19.4. The Bertz CT molecular complexity index is 710. The predicted octanol–water partition coefficient (Wildman–Crippen LogP) is 2.24. The SMILES string of the molecule is O=C(O)Cn1nccc1C(=O)Nc1cccc(C(F)(F)F)c1. The average Bonchev–Trinajstić information content (AvgIpc) is 2.85. The number of carboxylic acid groups (broad SMARTS) is 1. The number of carbonyl (C=O) groups is 2. The molecule has 2 aromatic rings. The standard InChI is InChI=1S/C13H10F3N3O3/c14-13(15,16)8-2-1-3-9(6-8)18-12(22)10-4-5-17-19(10)7-11(20)21/h1-6H,7H2,(H,18,22)(H,20,21). The summed E-state index contributed by atoms with van der Waals surface area (Å²) < 4.78 is 38.7. The molecule has 1 aromatic carbocycles. The van der Waals surface area contributed by atoms with Gasteiger partial charge < -0.3 is 10.4 Å². The Morgan fingerprint density at radius 1 is 1.27 bits per heavy atom. The molecule has 1 aromatic heterocycles. The number of carboxylic acids is 1. The smallest absolute Gasteiger partial charge is 0.416 e. The summed E-state index contributed by atoms with van der Waals surface area (Å²) in [5.74, 6) is -1.95. The first kappa shape index (κ1) is 15.5. The average molecular weight is 313 g/mol. The number of aliphatic carboxylic acids is 1. The Hall–Kier alpha value is -2.84. The number of halogens is 3. The lowest BCUT2D eigenvalue weighted by atomic mass is 10.2.